The summed E-state index contributed by atoms with van der Waals surface area (Å²) in [5.41, 5.74) is 0. The minimum Gasteiger partial charge on any atom is -0.462 e. The van der Waals surface area contributed by atoms with Gasteiger partial charge in [0.1, 0.15) is 19.8 Å². The van der Waals surface area contributed by atoms with Crippen LogP contribution in [0.4, 0.5) is 0 Å². The van der Waals surface area contributed by atoms with Crippen molar-refractivity contribution >= 4 is 19.8 Å². The van der Waals surface area contributed by atoms with Gasteiger partial charge in [-0.1, -0.05) is 128 Å². The quantitative estimate of drug-likeness (QED) is 0.0159. The van der Waals surface area contributed by atoms with E-state index in [1.807, 2.05) is 33.3 Å². The van der Waals surface area contributed by atoms with E-state index in [9.17, 15) is 34.4 Å². The van der Waals surface area contributed by atoms with Gasteiger partial charge in [-0.3, -0.25) is 18.6 Å². The number of rotatable bonds is 35. The van der Waals surface area contributed by atoms with Gasteiger partial charge in [0.25, 0.3) is 0 Å². The maximum absolute atomic E-state index is 12.8. The number of phosphoric ester groups is 1. The molecule has 57 heavy (non-hydrogen) atoms. The van der Waals surface area contributed by atoms with Crippen LogP contribution in [-0.4, -0.2) is 115 Å². The second-order valence-corrected chi connectivity index (χ2v) is 18.1. The zero-order valence-corrected chi connectivity index (χ0v) is 37.0. The molecular formula is C43H81NO12P+. The lowest BCUT2D eigenvalue weighted by molar-refractivity contribution is -0.870. The van der Waals surface area contributed by atoms with Crippen LogP contribution in [0.25, 0.3) is 0 Å². The van der Waals surface area contributed by atoms with Crippen molar-refractivity contribution in [1.82, 2.24) is 0 Å². The highest BCUT2D eigenvalue weighted by Crippen LogP contribution is 2.43. The SMILES string of the molecule is CCCCCCCCCCCCCCC(=O)OC[C@H](COP(=O)(O)OCC[N+](C)(C)C)OC(=O)CCC/C=C\C[C@H]1[C@@H](O)CC(O)O[C@@H]1/C=C/[C@@H](O)CCCCC. The number of hydrogen-bond donors (Lipinski definition) is 4. The molecule has 334 valence electrons. The van der Waals surface area contributed by atoms with Crippen molar-refractivity contribution in [2.75, 3.05) is 47.5 Å². The van der Waals surface area contributed by atoms with Crippen LogP contribution in [0.1, 0.15) is 155 Å². The summed E-state index contributed by atoms with van der Waals surface area (Å²) in [4.78, 5) is 35.5. The normalized spacial score (nSPS) is 21.1. The third-order valence-electron chi connectivity index (χ3n) is 10.0. The Balaban J connectivity index is 2.57. The van der Waals surface area contributed by atoms with Gasteiger partial charge in [-0.25, -0.2) is 4.57 Å². The average molecular weight is 835 g/mol. The standard InChI is InChI=1S/C43H80NO12P/c1-6-8-10-11-12-13-14-15-16-17-18-23-27-41(47)52-34-37(35-54-57(50,51)53-32-31-44(3,4)5)55-42(48)28-24-20-19-22-26-38-39(46)33-43(49)56-40(38)30-29-36(45)25-21-9-7-2/h19,22,29-30,36-40,43,45-46,49H,6-18,20-21,23-28,31-35H2,1-5H3/p+1/b22-19-,30-29+/t36-,37+,38-,39-,40+,43?/m0/s1. The molecule has 0 aliphatic carbocycles. The number of ether oxygens (including phenoxy) is 3. The lowest BCUT2D eigenvalue weighted by Crippen LogP contribution is -2.43. The Hall–Kier alpha value is -1.67. The number of likely N-dealkylation sites (N-methyl/N-ethyl adjacent to an activating group) is 1. The maximum Gasteiger partial charge on any atom is 0.472 e. The lowest BCUT2D eigenvalue weighted by atomic mass is 9.87. The molecule has 13 nitrogen and oxygen atoms in total. The molecule has 14 heteroatoms. The van der Waals surface area contributed by atoms with E-state index in [1.165, 1.54) is 51.4 Å². The molecule has 0 saturated carbocycles. The average Bonchev–Trinajstić information content (AvgIpc) is 3.13. The summed E-state index contributed by atoms with van der Waals surface area (Å²) < 4.78 is 39.9. The number of carbonyl (C=O) groups excluding carboxylic acids is 2. The van der Waals surface area contributed by atoms with E-state index in [1.54, 1.807) is 12.2 Å². The van der Waals surface area contributed by atoms with Crippen LogP contribution in [0.2, 0.25) is 0 Å². The van der Waals surface area contributed by atoms with Crippen LogP contribution in [-0.2, 0) is 37.4 Å². The zero-order valence-electron chi connectivity index (χ0n) is 36.1. The highest BCUT2D eigenvalue weighted by atomic mass is 31.2. The fourth-order valence-corrected chi connectivity index (χ4v) is 7.21. The molecule has 1 fully saturated rings. The van der Waals surface area contributed by atoms with Crippen LogP contribution in [0, 0.1) is 5.92 Å². The molecule has 1 aliphatic rings. The van der Waals surface area contributed by atoms with Crippen LogP contribution >= 0.6 is 7.82 Å². The molecule has 0 aromatic heterocycles. The van der Waals surface area contributed by atoms with Gasteiger partial charge >= 0.3 is 19.8 Å². The predicted molar refractivity (Wildman–Crippen MR) is 223 cm³/mol. The van der Waals surface area contributed by atoms with Gasteiger partial charge in [0.2, 0.25) is 0 Å². The Kier molecular flexibility index (Phi) is 30.1. The van der Waals surface area contributed by atoms with Crippen molar-refractivity contribution in [2.24, 2.45) is 5.92 Å². The predicted octanol–water partition coefficient (Wildman–Crippen LogP) is 8.07. The van der Waals surface area contributed by atoms with Crippen LogP contribution in [0.15, 0.2) is 24.3 Å². The number of unbranched alkanes of at least 4 members (excludes halogenated alkanes) is 14. The molecule has 2 unspecified atom stereocenters. The van der Waals surface area contributed by atoms with Crippen LogP contribution in [0.5, 0.6) is 0 Å². The maximum atomic E-state index is 12.8. The molecule has 1 aliphatic heterocycles. The fourth-order valence-electron chi connectivity index (χ4n) is 6.46. The minimum atomic E-state index is -4.45. The highest BCUT2D eigenvalue weighted by Gasteiger charge is 2.35. The number of hydrogen-bond acceptors (Lipinski definition) is 11. The van der Waals surface area contributed by atoms with Gasteiger partial charge in [-0.05, 0) is 32.1 Å². The van der Waals surface area contributed by atoms with Crippen molar-refractivity contribution in [3.8, 4) is 0 Å². The molecule has 0 radical (unpaired) electrons. The summed E-state index contributed by atoms with van der Waals surface area (Å²) in [5.74, 6) is -1.31. The van der Waals surface area contributed by atoms with Crippen molar-refractivity contribution in [3.05, 3.63) is 24.3 Å². The minimum absolute atomic E-state index is 0.0163. The van der Waals surface area contributed by atoms with E-state index in [-0.39, 0.29) is 38.4 Å². The molecule has 0 amide bonds. The number of quaternary nitrogens is 1. The number of aliphatic hydroxyl groups excluding tert-OH is 3. The van der Waals surface area contributed by atoms with E-state index < -0.39 is 57.1 Å². The molecule has 4 N–H and O–H groups in total. The summed E-state index contributed by atoms with van der Waals surface area (Å²) in [6.07, 6.45) is 22.7. The summed E-state index contributed by atoms with van der Waals surface area (Å²) in [6.45, 7) is 3.99. The van der Waals surface area contributed by atoms with Gasteiger partial charge in [0, 0.05) is 25.2 Å². The van der Waals surface area contributed by atoms with Crippen molar-refractivity contribution in [1.29, 1.82) is 0 Å². The molecule has 0 aromatic rings. The Morgan fingerprint density at radius 3 is 2.04 bits per heavy atom. The number of nitrogens with zero attached hydrogens (tertiary/aromatic N) is 1. The van der Waals surface area contributed by atoms with E-state index >= 15 is 0 Å². The number of aliphatic hydroxyl groups is 3. The van der Waals surface area contributed by atoms with Crippen molar-refractivity contribution in [3.63, 3.8) is 0 Å². The van der Waals surface area contributed by atoms with E-state index in [2.05, 4.69) is 13.8 Å². The third-order valence-corrected chi connectivity index (χ3v) is 11.0. The fraction of sp³-hybridized carbons (Fsp3) is 0.860. The third kappa shape index (κ3) is 30.1. The van der Waals surface area contributed by atoms with E-state index in [0.29, 0.717) is 43.1 Å². The number of phosphoric acid groups is 1. The van der Waals surface area contributed by atoms with Gasteiger partial charge in [0.15, 0.2) is 12.4 Å². The second-order valence-electron chi connectivity index (χ2n) is 16.6. The summed E-state index contributed by atoms with van der Waals surface area (Å²) in [6, 6.07) is 0. The highest BCUT2D eigenvalue weighted by molar-refractivity contribution is 7.47. The zero-order chi connectivity index (χ0) is 42.4. The van der Waals surface area contributed by atoms with Crippen LogP contribution in [0.3, 0.4) is 0 Å². The molecule has 7 atom stereocenters. The van der Waals surface area contributed by atoms with Gasteiger partial charge in [0.05, 0.1) is 46.1 Å². The monoisotopic (exact) mass is 835 g/mol. The molecular weight excluding hydrogens is 753 g/mol. The second kappa shape index (κ2) is 32.1. The summed E-state index contributed by atoms with van der Waals surface area (Å²) in [5, 5.41) is 31.0. The largest absolute Gasteiger partial charge is 0.472 e. The molecule has 1 saturated heterocycles. The topological polar surface area (TPSA) is 178 Å². The Morgan fingerprint density at radius 1 is 0.807 bits per heavy atom. The van der Waals surface area contributed by atoms with Gasteiger partial charge < -0.3 is 38.9 Å². The first-order valence-electron chi connectivity index (χ1n) is 22.0. The van der Waals surface area contributed by atoms with Gasteiger partial charge in [-0.2, -0.15) is 0 Å². The molecule has 0 bridgehead atoms. The number of allylic oxidation sites excluding steroid dienone is 2. The Labute approximate surface area is 344 Å². The first-order valence-corrected chi connectivity index (χ1v) is 23.5. The van der Waals surface area contributed by atoms with E-state index in [4.69, 9.17) is 23.3 Å². The van der Waals surface area contributed by atoms with Gasteiger partial charge in [-0.15, -0.1) is 0 Å². The van der Waals surface area contributed by atoms with Crippen molar-refractivity contribution < 1.29 is 62.1 Å². The first kappa shape index (κ1) is 53.3. The van der Waals surface area contributed by atoms with Crippen LogP contribution < -0.4 is 0 Å². The van der Waals surface area contributed by atoms with Crippen molar-refractivity contribution in [2.45, 2.75) is 186 Å². The molecule has 1 rings (SSSR count). The van der Waals surface area contributed by atoms with E-state index in [0.717, 1.165) is 38.5 Å². The smallest absolute Gasteiger partial charge is 0.462 e. The Morgan fingerprint density at radius 2 is 1.40 bits per heavy atom. The molecule has 0 spiro atoms. The Bertz CT molecular complexity index is 1150. The summed E-state index contributed by atoms with van der Waals surface area (Å²) in [7, 11) is 1.31. The molecule has 0 aromatic carbocycles. The number of carbonyl (C=O) groups is 2. The number of esters is 2. The molecule has 1 heterocycles. The summed E-state index contributed by atoms with van der Waals surface area (Å²) >= 11 is 0. The lowest BCUT2D eigenvalue weighted by Gasteiger charge is -2.36. The first-order chi connectivity index (χ1) is 27.2.